The van der Waals surface area contributed by atoms with Gasteiger partial charge in [-0.3, -0.25) is 4.79 Å². The minimum absolute atomic E-state index is 0.111. The molecule has 2 aromatic rings. The Hall–Kier alpha value is -2.91. The number of alkyl halides is 3. The molecule has 2 aliphatic heterocycles. The van der Waals surface area contributed by atoms with E-state index in [1.54, 1.807) is 0 Å². The number of carbonyl (C=O) groups is 1. The van der Waals surface area contributed by atoms with Gasteiger partial charge < -0.3 is 19.3 Å². The van der Waals surface area contributed by atoms with E-state index in [1.165, 1.54) is 36.4 Å². The van der Waals surface area contributed by atoms with Gasteiger partial charge in [0.2, 0.25) is 10.0 Å². The van der Waals surface area contributed by atoms with Gasteiger partial charge in [0.25, 0.3) is 5.91 Å². The van der Waals surface area contributed by atoms with Crippen molar-refractivity contribution in [3.05, 3.63) is 54.1 Å². The number of carbonyl (C=O) groups excluding carboxylic acids is 1. The van der Waals surface area contributed by atoms with Crippen LogP contribution in [-0.4, -0.2) is 68.3 Å². The highest BCUT2D eigenvalue weighted by Crippen LogP contribution is 2.29. The van der Waals surface area contributed by atoms with E-state index in [4.69, 9.17) is 14.3 Å². The molecular weight excluding hydrogens is 521 g/mol. The first kappa shape index (κ1) is 27.1. The second kappa shape index (κ2) is 11.2. The molecule has 14 heteroatoms. The number of ether oxygens (including phenoxy) is 3. The lowest BCUT2D eigenvalue weighted by Gasteiger charge is -2.22. The zero-order valence-corrected chi connectivity index (χ0v) is 20.2. The molecule has 2 aromatic carbocycles. The summed E-state index contributed by atoms with van der Waals surface area (Å²) in [5.74, 6) is -1.12. The van der Waals surface area contributed by atoms with Crippen LogP contribution in [0.4, 0.5) is 13.2 Å². The highest BCUT2D eigenvalue weighted by atomic mass is 32.2. The van der Waals surface area contributed by atoms with Crippen LogP contribution in [-0.2, 0) is 19.6 Å². The Morgan fingerprint density at radius 2 is 1.76 bits per heavy atom. The summed E-state index contributed by atoms with van der Waals surface area (Å²) in [6.45, 7) is -0.0746. The second-order valence-corrected chi connectivity index (χ2v) is 10.3. The summed E-state index contributed by atoms with van der Waals surface area (Å²) in [6.07, 6.45) is -5.35. The first-order chi connectivity index (χ1) is 17.5. The van der Waals surface area contributed by atoms with E-state index < -0.39 is 46.5 Å². The molecule has 0 aromatic heterocycles. The summed E-state index contributed by atoms with van der Waals surface area (Å²) in [7, 11) is -4.24. The second-order valence-electron chi connectivity index (χ2n) is 8.41. The summed E-state index contributed by atoms with van der Waals surface area (Å²) in [4.78, 5) is 17.7. The number of halogens is 3. The molecule has 2 fully saturated rings. The van der Waals surface area contributed by atoms with Crippen LogP contribution < -0.4 is 15.0 Å². The average molecular weight is 547 g/mol. The number of sulfonamides is 1. The standard InChI is InChI=1S/C23H25F3N2O8S/c24-23(25,26)35-16-10-8-15(9-11-16)34-19-14-28(13-18(19)29)37(31,32)20-6-2-1-5-17(20)22(30)27-36-21-7-3-4-12-33-21/h1-2,5-6,8-11,18-19,21,29H,3-4,7,12-14H2,(H,27,30). The van der Waals surface area contributed by atoms with Gasteiger partial charge in [0, 0.05) is 19.6 Å². The average Bonchev–Trinajstić information content (AvgIpc) is 3.24. The fourth-order valence-corrected chi connectivity index (χ4v) is 5.59. The van der Waals surface area contributed by atoms with Crippen molar-refractivity contribution in [3.63, 3.8) is 0 Å². The molecule has 0 aliphatic carbocycles. The van der Waals surface area contributed by atoms with Crippen LogP contribution >= 0.6 is 0 Å². The monoisotopic (exact) mass is 546 g/mol. The Morgan fingerprint density at radius 1 is 1.05 bits per heavy atom. The molecule has 0 bridgehead atoms. The van der Waals surface area contributed by atoms with Crippen molar-refractivity contribution in [1.29, 1.82) is 0 Å². The third-order valence-corrected chi connectivity index (χ3v) is 7.61. The fraction of sp³-hybridized carbons (Fsp3) is 0.435. The minimum Gasteiger partial charge on any atom is -0.486 e. The maximum atomic E-state index is 13.4. The van der Waals surface area contributed by atoms with Gasteiger partial charge in [-0.1, -0.05) is 12.1 Å². The maximum Gasteiger partial charge on any atom is 0.573 e. The van der Waals surface area contributed by atoms with Crippen LogP contribution in [0.3, 0.4) is 0 Å². The molecular formula is C23H25F3N2O8S. The first-order valence-corrected chi connectivity index (χ1v) is 12.8. The van der Waals surface area contributed by atoms with Crippen LogP contribution in [0.5, 0.6) is 11.5 Å². The van der Waals surface area contributed by atoms with Crippen molar-refractivity contribution in [1.82, 2.24) is 9.79 Å². The van der Waals surface area contributed by atoms with Gasteiger partial charge in [-0.15, -0.1) is 13.2 Å². The number of nitrogens with one attached hydrogen (secondary N) is 1. The molecule has 2 aliphatic rings. The minimum atomic E-state index is -4.85. The van der Waals surface area contributed by atoms with Crippen molar-refractivity contribution in [3.8, 4) is 11.5 Å². The number of rotatable bonds is 8. The van der Waals surface area contributed by atoms with Crippen LogP contribution in [0.1, 0.15) is 29.6 Å². The molecule has 3 atom stereocenters. The van der Waals surface area contributed by atoms with Crippen LogP contribution in [0.15, 0.2) is 53.4 Å². The number of hydrogen-bond acceptors (Lipinski definition) is 8. The van der Waals surface area contributed by atoms with Crippen LogP contribution in [0, 0.1) is 0 Å². The van der Waals surface area contributed by atoms with Crippen molar-refractivity contribution in [2.24, 2.45) is 0 Å². The Labute approximate surface area is 210 Å². The number of hydrogen-bond donors (Lipinski definition) is 2. The molecule has 0 saturated carbocycles. The van der Waals surface area contributed by atoms with E-state index in [2.05, 4.69) is 10.2 Å². The Balaban J connectivity index is 1.42. The van der Waals surface area contributed by atoms with Crippen molar-refractivity contribution in [2.45, 2.75) is 49.0 Å². The van der Waals surface area contributed by atoms with E-state index in [0.29, 0.717) is 13.0 Å². The summed E-state index contributed by atoms with van der Waals surface area (Å²) in [6, 6.07) is 10.0. The lowest BCUT2D eigenvalue weighted by molar-refractivity contribution is -0.274. The number of β-amino-alcohol motifs (C(OH)–C–C–N with tert-alkyl or cyclic N) is 1. The number of amides is 1. The van der Waals surface area contributed by atoms with Gasteiger partial charge in [-0.05, 0) is 49.2 Å². The quantitative estimate of drug-likeness (QED) is 0.485. The molecule has 3 unspecified atom stereocenters. The zero-order valence-electron chi connectivity index (χ0n) is 19.4. The summed E-state index contributed by atoms with van der Waals surface area (Å²) >= 11 is 0. The lowest BCUT2D eigenvalue weighted by Crippen LogP contribution is -2.35. The van der Waals surface area contributed by atoms with E-state index >= 15 is 0 Å². The molecule has 10 nitrogen and oxygen atoms in total. The Morgan fingerprint density at radius 3 is 2.43 bits per heavy atom. The molecule has 0 radical (unpaired) electrons. The summed E-state index contributed by atoms with van der Waals surface area (Å²) in [5.41, 5.74) is 2.08. The molecule has 37 heavy (non-hydrogen) atoms. The number of benzene rings is 2. The number of aliphatic hydroxyl groups is 1. The molecule has 202 valence electrons. The van der Waals surface area contributed by atoms with E-state index in [1.807, 2.05) is 0 Å². The van der Waals surface area contributed by atoms with Crippen molar-refractivity contribution >= 4 is 15.9 Å². The van der Waals surface area contributed by atoms with E-state index in [0.717, 1.165) is 29.3 Å². The zero-order chi connectivity index (χ0) is 26.6. The predicted octanol–water partition coefficient (Wildman–Crippen LogP) is 2.59. The van der Waals surface area contributed by atoms with Gasteiger partial charge in [-0.25, -0.2) is 18.7 Å². The summed E-state index contributed by atoms with van der Waals surface area (Å²) in [5, 5.41) is 10.4. The van der Waals surface area contributed by atoms with Crippen molar-refractivity contribution in [2.75, 3.05) is 19.7 Å². The smallest absolute Gasteiger partial charge is 0.486 e. The lowest BCUT2D eigenvalue weighted by atomic mass is 10.2. The molecule has 1 amide bonds. The third kappa shape index (κ3) is 6.90. The predicted molar refractivity (Wildman–Crippen MR) is 121 cm³/mol. The van der Waals surface area contributed by atoms with Crippen LogP contribution in [0.25, 0.3) is 0 Å². The number of nitrogens with zero attached hydrogens (tertiary/aromatic N) is 1. The van der Waals surface area contributed by atoms with Gasteiger partial charge >= 0.3 is 6.36 Å². The molecule has 2 N–H and O–H groups in total. The van der Waals surface area contributed by atoms with E-state index in [9.17, 15) is 31.5 Å². The molecule has 0 spiro atoms. The number of aliphatic hydroxyl groups excluding tert-OH is 1. The largest absolute Gasteiger partial charge is 0.573 e. The Bertz CT molecular complexity index is 1190. The van der Waals surface area contributed by atoms with Gasteiger partial charge in [-0.2, -0.15) is 4.31 Å². The topological polar surface area (TPSA) is 124 Å². The number of hydroxylamine groups is 1. The molecule has 4 rings (SSSR count). The van der Waals surface area contributed by atoms with Crippen LogP contribution in [0.2, 0.25) is 0 Å². The Kier molecular flexibility index (Phi) is 8.23. The fourth-order valence-electron chi connectivity index (χ4n) is 3.93. The molecule has 2 heterocycles. The van der Waals surface area contributed by atoms with Crippen molar-refractivity contribution < 1.29 is 50.5 Å². The highest BCUT2D eigenvalue weighted by Gasteiger charge is 2.41. The third-order valence-electron chi connectivity index (χ3n) is 5.72. The normalized spacial score (nSPS) is 23.0. The SMILES string of the molecule is O=C(NOC1CCCCO1)c1ccccc1S(=O)(=O)N1CC(O)C(Oc2ccc(OC(F)(F)F)cc2)C1. The van der Waals surface area contributed by atoms with E-state index in [-0.39, 0.29) is 29.3 Å². The first-order valence-electron chi connectivity index (χ1n) is 11.4. The van der Waals surface area contributed by atoms with Gasteiger partial charge in [0.15, 0.2) is 6.29 Å². The van der Waals surface area contributed by atoms with Gasteiger partial charge in [0.1, 0.15) is 23.7 Å². The maximum absolute atomic E-state index is 13.4. The molecule has 2 saturated heterocycles. The highest BCUT2D eigenvalue weighted by molar-refractivity contribution is 7.89. The summed E-state index contributed by atoms with van der Waals surface area (Å²) < 4.78 is 79.5. The van der Waals surface area contributed by atoms with Gasteiger partial charge in [0.05, 0.1) is 17.0 Å².